The van der Waals surface area contributed by atoms with Gasteiger partial charge in [-0.3, -0.25) is 9.97 Å². The molecule has 0 unspecified atom stereocenters. The molecule has 0 radical (unpaired) electrons. The summed E-state index contributed by atoms with van der Waals surface area (Å²) in [5, 5.41) is 6.00. The average Bonchev–Trinajstić information content (AvgIpc) is 3.07. The molecule has 1 fully saturated rings. The van der Waals surface area contributed by atoms with Crippen LogP contribution in [-0.2, 0) is 10.2 Å². The van der Waals surface area contributed by atoms with Crippen LogP contribution in [0.5, 0.6) is 17.2 Å². The molecule has 1 saturated heterocycles. The number of benzene rings is 2. The first-order valence-electron chi connectivity index (χ1n) is 14.9. The summed E-state index contributed by atoms with van der Waals surface area (Å²) in [4.78, 5) is 13.6. The van der Waals surface area contributed by atoms with E-state index in [2.05, 4.69) is 20.3 Å². The molecule has 0 amide bonds. The number of methoxy groups -OCH3 is 2. The third-order valence-electron chi connectivity index (χ3n) is 8.46. The molecule has 45 heavy (non-hydrogen) atoms. The Labute approximate surface area is 260 Å². The van der Waals surface area contributed by atoms with Crippen LogP contribution in [0, 0.1) is 5.82 Å². The Morgan fingerprint density at radius 3 is 2.47 bits per heavy atom. The molecule has 1 aliphatic rings. The van der Waals surface area contributed by atoms with Crippen LogP contribution in [0.15, 0.2) is 67.1 Å². The monoisotopic (exact) mass is 612 g/mol. The van der Waals surface area contributed by atoms with Gasteiger partial charge in [-0.2, -0.15) is 0 Å². The number of rotatable bonds is 11. The lowest BCUT2D eigenvalue weighted by atomic mass is 9.74. The van der Waals surface area contributed by atoms with Crippen LogP contribution in [0.25, 0.3) is 32.9 Å². The molecular weight excluding hydrogens is 575 g/mol. The highest BCUT2D eigenvalue weighted by Crippen LogP contribution is 2.37. The highest BCUT2D eigenvalue weighted by atomic mass is 19.1. The molecule has 4 heterocycles. The fourth-order valence-corrected chi connectivity index (χ4v) is 5.94. The number of ether oxygens (including phenoxy) is 4. The largest absolute Gasteiger partial charge is 0.493 e. The number of nitrogens with two attached hydrogens (primary N) is 2. The number of hydrogen-bond acceptors (Lipinski definition) is 10. The Hall–Kier alpha value is -4.58. The molecule has 11 heteroatoms. The highest BCUT2D eigenvalue weighted by Gasteiger charge is 2.34. The summed E-state index contributed by atoms with van der Waals surface area (Å²) >= 11 is 0. The smallest absolute Gasteiger partial charge is 0.162 e. The van der Waals surface area contributed by atoms with Crippen LogP contribution in [0.2, 0.25) is 0 Å². The maximum atomic E-state index is 13.6. The summed E-state index contributed by atoms with van der Waals surface area (Å²) in [7, 11) is 3.19. The Bertz CT molecular complexity index is 1800. The second kappa shape index (κ2) is 13.2. The van der Waals surface area contributed by atoms with E-state index in [4.69, 9.17) is 30.4 Å². The quantitative estimate of drug-likeness (QED) is 0.181. The van der Waals surface area contributed by atoms with Crippen molar-refractivity contribution in [1.82, 2.24) is 20.3 Å². The molecule has 5 N–H and O–H groups in total. The number of anilines is 1. The van der Waals surface area contributed by atoms with Gasteiger partial charge in [-0.15, -0.1) is 0 Å². The first-order valence-corrected chi connectivity index (χ1v) is 14.9. The minimum absolute atomic E-state index is 0.127. The van der Waals surface area contributed by atoms with Crippen molar-refractivity contribution in [2.75, 3.05) is 52.9 Å². The molecule has 6 rings (SSSR count). The molecule has 2 aromatic carbocycles. The predicted molar refractivity (Wildman–Crippen MR) is 172 cm³/mol. The lowest BCUT2D eigenvalue weighted by Crippen LogP contribution is -2.47. The van der Waals surface area contributed by atoms with Gasteiger partial charge >= 0.3 is 0 Å². The van der Waals surface area contributed by atoms with Gasteiger partial charge in [-0.05, 0) is 54.1 Å². The standard InChI is InChI=1S/C34H37FN6O4/c1-42-31-13-27-26-12-29(41-33(37)28(26)18-40-30(27)14-32(31)43-2)21-11-25(17-38-15-21)45-19-24(36)16-39-20-34(7-9-44-10-8-34)22-3-5-23(35)6-4-22/h3-6,11-15,17-18,24,39H,7-10,16,19-20,36H2,1-2H3,(H2,37,41)/t24-/m0/s1. The molecule has 0 spiro atoms. The Morgan fingerprint density at radius 1 is 0.956 bits per heavy atom. The van der Waals surface area contributed by atoms with E-state index < -0.39 is 0 Å². The van der Waals surface area contributed by atoms with Crippen LogP contribution < -0.4 is 31.0 Å². The van der Waals surface area contributed by atoms with E-state index in [-0.39, 0.29) is 23.9 Å². The fraction of sp³-hybridized carbons (Fsp3) is 0.324. The Balaban J connectivity index is 1.14. The van der Waals surface area contributed by atoms with E-state index in [0.29, 0.717) is 55.1 Å². The van der Waals surface area contributed by atoms with Crippen molar-refractivity contribution in [2.45, 2.75) is 24.3 Å². The van der Waals surface area contributed by atoms with E-state index >= 15 is 0 Å². The zero-order chi connectivity index (χ0) is 31.4. The van der Waals surface area contributed by atoms with Gasteiger partial charge in [0.25, 0.3) is 0 Å². The number of nitrogens with zero attached hydrogens (tertiary/aromatic N) is 3. The molecular formula is C34H37FN6O4. The molecule has 1 atom stereocenters. The molecule has 3 aromatic heterocycles. The number of nitrogens with one attached hydrogen (secondary N) is 1. The zero-order valence-corrected chi connectivity index (χ0v) is 25.4. The number of nitrogen functional groups attached to an aromatic ring is 1. The van der Waals surface area contributed by atoms with E-state index in [1.54, 1.807) is 32.8 Å². The first kappa shape index (κ1) is 30.4. The van der Waals surface area contributed by atoms with Crippen molar-refractivity contribution in [3.8, 4) is 28.5 Å². The molecule has 5 aromatic rings. The molecule has 0 bridgehead atoms. The lowest BCUT2D eigenvalue weighted by Gasteiger charge is -2.38. The summed E-state index contributed by atoms with van der Waals surface area (Å²) in [6, 6.07) is 14.1. The first-order chi connectivity index (χ1) is 21.9. The predicted octanol–water partition coefficient (Wildman–Crippen LogP) is 4.63. The van der Waals surface area contributed by atoms with Crippen LogP contribution in [0.4, 0.5) is 10.2 Å². The van der Waals surface area contributed by atoms with Gasteiger partial charge in [0.05, 0.1) is 37.7 Å². The number of aromatic nitrogens is 3. The normalized spacial score (nSPS) is 15.2. The minimum Gasteiger partial charge on any atom is -0.493 e. The number of pyridine rings is 3. The molecule has 10 nitrogen and oxygen atoms in total. The summed E-state index contributed by atoms with van der Waals surface area (Å²) in [5.41, 5.74) is 16.0. The van der Waals surface area contributed by atoms with Crippen molar-refractivity contribution in [1.29, 1.82) is 0 Å². The third kappa shape index (κ3) is 6.46. The van der Waals surface area contributed by atoms with Gasteiger partial charge in [-0.1, -0.05) is 12.1 Å². The summed E-state index contributed by atoms with van der Waals surface area (Å²) in [6.07, 6.45) is 6.80. The van der Waals surface area contributed by atoms with Crippen molar-refractivity contribution < 1.29 is 23.3 Å². The number of halogens is 1. The lowest BCUT2D eigenvalue weighted by molar-refractivity contribution is 0.0497. The number of hydrogen-bond donors (Lipinski definition) is 3. The minimum atomic E-state index is -0.265. The number of fused-ring (bicyclic) bond motifs is 3. The van der Waals surface area contributed by atoms with E-state index in [0.717, 1.165) is 45.6 Å². The van der Waals surface area contributed by atoms with E-state index in [1.807, 2.05) is 36.4 Å². The third-order valence-corrected chi connectivity index (χ3v) is 8.46. The zero-order valence-electron chi connectivity index (χ0n) is 25.4. The van der Waals surface area contributed by atoms with Crippen molar-refractivity contribution >= 4 is 27.5 Å². The van der Waals surface area contributed by atoms with Crippen molar-refractivity contribution in [3.63, 3.8) is 0 Å². The highest BCUT2D eigenvalue weighted by molar-refractivity contribution is 6.10. The van der Waals surface area contributed by atoms with Crippen LogP contribution in [-0.4, -0.2) is 68.1 Å². The van der Waals surface area contributed by atoms with E-state index in [9.17, 15) is 4.39 Å². The van der Waals surface area contributed by atoms with Crippen LogP contribution in [0.1, 0.15) is 18.4 Å². The summed E-state index contributed by atoms with van der Waals surface area (Å²) in [6.45, 7) is 2.90. The SMILES string of the molecule is COc1cc2ncc3c(N)nc(-c4cncc(OC[C@@H](N)CNCC5(c6ccc(F)cc6)CCOCC5)c4)cc3c2cc1OC. The average molecular weight is 613 g/mol. The molecule has 0 saturated carbocycles. The summed E-state index contributed by atoms with van der Waals surface area (Å²) < 4.78 is 36.2. The molecule has 234 valence electrons. The van der Waals surface area contributed by atoms with Crippen molar-refractivity contribution in [3.05, 3.63) is 78.5 Å². The van der Waals surface area contributed by atoms with Gasteiger partial charge in [0.15, 0.2) is 11.5 Å². The van der Waals surface area contributed by atoms with Gasteiger partial charge in [-0.25, -0.2) is 9.37 Å². The Kier molecular flexibility index (Phi) is 8.92. The van der Waals surface area contributed by atoms with Crippen LogP contribution in [0.3, 0.4) is 0 Å². The maximum Gasteiger partial charge on any atom is 0.162 e. The molecule has 0 aliphatic carbocycles. The van der Waals surface area contributed by atoms with E-state index in [1.165, 1.54) is 12.1 Å². The second-order valence-electron chi connectivity index (χ2n) is 11.3. The second-order valence-corrected chi connectivity index (χ2v) is 11.3. The van der Waals surface area contributed by atoms with Gasteiger partial charge in [0, 0.05) is 66.5 Å². The molecule has 1 aliphatic heterocycles. The van der Waals surface area contributed by atoms with Gasteiger partial charge < -0.3 is 35.7 Å². The topological polar surface area (TPSA) is 140 Å². The fourth-order valence-electron chi connectivity index (χ4n) is 5.94. The van der Waals surface area contributed by atoms with Gasteiger partial charge in [0.2, 0.25) is 0 Å². The van der Waals surface area contributed by atoms with Crippen molar-refractivity contribution in [2.24, 2.45) is 5.73 Å². The Morgan fingerprint density at radius 2 is 1.71 bits per heavy atom. The van der Waals surface area contributed by atoms with Gasteiger partial charge in [0.1, 0.15) is 24.0 Å². The van der Waals surface area contributed by atoms with Crippen LogP contribution >= 0.6 is 0 Å². The maximum absolute atomic E-state index is 13.6. The summed E-state index contributed by atoms with van der Waals surface area (Å²) in [5.74, 6) is 1.88.